The molecule has 0 radical (unpaired) electrons. The molecule has 1 aromatic rings. The van der Waals surface area contributed by atoms with E-state index in [2.05, 4.69) is 43.4 Å². The van der Waals surface area contributed by atoms with Crippen LogP contribution in [0.15, 0.2) is 24.3 Å². The van der Waals surface area contributed by atoms with E-state index in [1.165, 1.54) is 30.4 Å². The first-order valence-electron chi connectivity index (χ1n) is 8.92. The van der Waals surface area contributed by atoms with Crippen LogP contribution in [0, 0.1) is 30.1 Å². The van der Waals surface area contributed by atoms with Gasteiger partial charge in [-0.1, -0.05) is 24.3 Å². The highest BCUT2D eigenvalue weighted by atomic mass is 14.9. The van der Waals surface area contributed by atoms with Crippen LogP contribution in [0.4, 0.5) is 0 Å². The molecule has 1 aromatic carbocycles. The molecule has 1 heteroatoms. The van der Waals surface area contributed by atoms with Crippen LogP contribution in [0.1, 0.15) is 56.6 Å². The average Bonchev–Trinajstić information content (AvgIpc) is 2.44. The van der Waals surface area contributed by atoms with Gasteiger partial charge in [-0.25, -0.2) is 0 Å². The molecule has 0 unspecified atom stereocenters. The van der Waals surface area contributed by atoms with Crippen molar-refractivity contribution in [2.75, 3.05) is 0 Å². The minimum atomic E-state index is 0.622. The van der Waals surface area contributed by atoms with E-state index in [9.17, 15) is 0 Å². The van der Waals surface area contributed by atoms with Crippen molar-refractivity contribution in [3.63, 3.8) is 0 Å². The van der Waals surface area contributed by atoms with E-state index in [-0.39, 0.29) is 0 Å². The Morgan fingerprint density at radius 3 is 2.19 bits per heavy atom. The summed E-state index contributed by atoms with van der Waals surface area (Å²) in [5.74, 6) is 3.16. The zero-order chi connectivity index (χ0) is 14.4. The first kappa shape index (κ1) is 13.8. The van der Waals surface area contributed by atoms with Crippen molar-refractivity contribution in [3.05, 3.63) is 35.4 Å². The third-order valence-electron chi connectivity index (χ3n) is 6.86. The van der Waals surface area contributed by atoms with Crippen LogP contribution in [0.25, 0.3) is 0 Å². The highest BCUT2D eigenvalue weighted by Gasteiger charge is 2.52. The number of hydrogen-bond acceptors (Lipinski definition) is 1. The lowest BCUT2D eigenvalue weighted by Gasteiger charge is -2.59. The first-order chi connectivity index (χ1) is 10.1. The Morgan fingerprint density at radius 2 is 1.62 bits per heavy atom. The maximum absolute atomic E-state index is 3.90. The van der Waals surface area contributed by atoms with Crippen molar-refractivity contribution in [2.45, 2.75) is 65.0 Å². The van der Waals surface area contributed by atoms with Crippen LogP contribution in [0.2, 0.25) is 0 Å². The van der Waals surface area contributed by atoms with E-state index >= 15 is 0 Å². The minimum Gasteiger partial charge on any atom is -0.310 e. The van der Waals surface area contributed by atoms with Gasteiger partial charge in [-0.2, -0.15) is 0 Å². The SMILES string of the molecule is Cc1ccccc1CN[C@@H](C)C12CC3CC(CC(C3)C1)C2. The van der Waals surface area contributed by atoms with Crippen LogP contribution in [0.3, 0.4) is 0 Å². The molecule has 0 aromatic heterocycles. The second-order valence-corrected chi connectivity index (χ2v) is 8.31. The molecule has 0 heterocycles. The van der Waals surface area contributed by atoms with E-state index in [1.54, 1.807) is 19.3 Å². The van der Waals surface area contributed by atoms with Crippen molar-refractivity contribution in [1.29, 1.82) is 0 Å². The van der Waals surface area contributed by atoms with Crippen molar-refractivity contribution >= 4 is 0 Å². The molecule has 21 heavy (non-hydrogen) atoms. The molecule has 0 saturated heterocycles. The van der Waals surface area contributed by atoms with Gasteiger partial charge in [-0.15, -0.1) is 0 Å². The smallest absolute Gasteiger partial charge is 0.0210 e. The lowest BCUT2D eigenvalue weighted by atomic mass is 9.48. The Hall–Kier alpha value is -0.820. The summed E-state index contributed by atoms with van der Waals surface area (Å²) in [4.78, 5) is 0. The van der Waals surface area contributed by atoms with Crippen LogP contribution in [-0.4, -0.2) is 6.04 Å². The third kappa shape index (κ3) is 2.44. The highest BCUT2D eigenvalue weighted by molar-refractivity contribution is 5.25. The molecule has 1 nitrogen and oxygen atoms in total. The van der Waals surface area contributed by atoms with Gasteiger partial charge in [0, 0.05) is 12.6 Å². The average molecular weight is 283 g/mol. The molecule has 1 N–H and O–H groups in total. The third-order valence-corrected chi connectivity index (χ3v) is 6.86. The molecule has 4 aliphatic rings. The summed E-state index contributed by atoms with van der Waals surface area (Å²) in [6, 6.07) is 9.48. The molecule has 4 fully saturated rings. The summed E-state index contributed by atoms with van der Waals surface area (Å²) < 4.78 is 0. The van der Waals surface area contributed by atoms with Gasteiger partial charge in [0.05, 0.1) is 0 Å². The van der Waals surface area contributed by atoms with E-state index in [1.807, 2.05) is 0 Å². The molecule has 114 valence electrons. The summed E-state index contributed by atoms with van der Waals surface area (Å²) in [7, 11) is 0. The van der Waals surface area contributed by atoms with Crippen LogP contribution >= 0.6 is 0 Å². The molecule has 4 aliphatic carbocycles. The zero-order valence-electron chi connectivity index (χ0n) is 13.6. The van der Waals surface area contributed by atoms with Gasteiger partial charge < -0.3 is 5.32 Å². The number of hydrogen-bond donors (Lipinski definition) is 1. The lowest BCUT2D eigenvalue weighted by molar-refractivity contribution is -0.0706. The predicted octanol–water partition coefficient (Wildman–Crippen LogP) is 4.69. The molecular weight excluding hydrogens is 254 g/mol. The second kappa shape index (κ2) is 5.12. The van der Waals surface area contributed by atoms with Crippen molar-refractivity contribution < 1.29 is 0 Å². The number of rotatable bonds is 4. The van der Waals surface area contributed by atoms with Crippen LogP contribution in [0.5, 0.6) is 0 Å². The molecule has 0 amide bonds. The topological polar surface area (TPSA) is 12.0 Å². The minimum absolute atomic E-state index is 0.622. The molecule has 1 atom stereocenters. The molecule has 4 saturated carbocycles. The van der Waals surface area contributed by atoms with E-state index in [0.717, 1.165) is 24.3 Å². The maximum Gasteiger partial charge on any atom is 0.0210 e. The van der Waals surface area contributed by atoms with Crippen molar-refractivity contribution in [2.24, 2.45) is 23.2 Å². The molecule has 5 rings (SSSR count). The normalized spacial score (nSPS) is 38.7. The first-order valence-corrected chi connectivity index (χ1v) is 8.92. The van der Waals surface area contributed by atoms with E-state index < -0.39 is 0 Å². The van der Waals surface area contributed by atoms with Crippen LogP contribution < -0.4 is 5.32 Å². The van der Waals surface area contributed by atoms with Gasteiger partial charge in [-0.3, -0.25) is 0 Å². The van der Waals surface area contributed by atoms with Crippen molar-refractivity contribution in [1.82, 2.24) is 5.32 Å². The molecular formula is C20H29N. The number of nitrogens with one attached hydrogen (secondary N) is 1. The van der Waals surface area contributed by atoms with E-state index in [0.29, 0.717) is 11.5 Å². The van der Waals surface area contributed by atoms with Gasteiger partial charge in [0.1, 0.15) is 0 Å². The van der Waals surface area contributed by atoms with Gasteiger partial charge in [0.15, 0.2) is 0 Å². The van der Waals surface area contributed by atoms with Crippen LogP contribution in [-0.2, 0) is 6.54 Å². The molecule has 0 aliphatic heterocycles. The molecule has 0 spiro atoms. The quantitative estimate of drug-likeness (QED) is 0.845. The zero-order valence-corrected chi connectivity index (χ0v) is 13.6. The monoisotopic (exact) mass is 283 g/mol. The van der Waals surface area contributed by atoms with E-state index in [4.69, 9.17) is 0 Å². The fourth-order valence-corrected chi connectivity index (χ4v) is 6.00. The number of aryl methyl sites for hydroxylation is 1. The lowest BCUT2D eigenvalue weighted by Crippen LogP contribution is -2.54. The summed E-state index contributed by atoms with van der Waals surface area (Å²) in [5.41, 5.74) is 3.51. The Kier molecular flexibility index (Phi) is 3.37. The Bertz CT molecular complexity index is 483. The maximum atomic E-state index is 3.90. The fraction of sp³-hybridized carbons (Fsp3) is 0.700. The van der Waals surface area contributed by atoms with Gasteiger partial charge in [0.2, 0.25) is 0 Å². The summed E-state index contributed by atoms with van der Waals surface area (Å²) in [6.07, 6.45) is 9.14. The van der Waals surface area contributed by atoms with Gasteiger partial charge in [0.25, 0.3) is 0 Å². The van der Waals surface area contributed by atoms with Crippen molar-refractivity contribution in [3.8, 4) is 0 Å². The fourth-order valence-electron chi connectivity index (χ4n) is 6.00. The van der Waals surface area contributed by atoms with Gasteiger partial charge in [-0.05, 0) is 86.7 Å². The second-order valence-electron chi connectivity index (χ2n) is 8.31. The standard InChI is InChI=1S/C20H29N/c1-14-5-3-4-6-19(14)13-21-15(2)20-10-16-7-17(11-20)9-18(8-16)12-20/h3-6,15-18,21H,7-13H2,1-2H3/t15-,16?,17?,18?,20?/m0/s1. The predicted molar refractivity (Wildman–Crippen MR) is 88.1 cm³/mol. The summed E-state index contributed by atoms with van der Waals surface area (Å²) in [6.45, 7) is 5.73. The summed E-state index contributed by atoms with van der Waals surface area (Å²) >= 11 is 0. The Morgan fingerprint density at radius 1 is 1.05 bits per heavy atom. The van der Waals surface area contributed by atoms with Gasteiger partial charge >= 0.3 is 0 Å². The summed E-state index contributed by atoms with van der Waals surface area (Å²) in [5, 5.41) is 3.90. The Labute approximate surface area is 129 Å². The largest absolute Gasteiger partial charge is 0.310 e. The molecule has 4 bridgehead atoms. The highest BCUT2D eigenvalue weighted by Crippen LogP contribution is 2.61. The number of benzene rings is 1. The Balaban J connectivity index is 1.45.